The van der Waals surface area contributed by atoms with Gasteiger partial charge in [0, 0.05) is 17.7 Å². The van der Waals surface area contributed by atoms with Gasteiger partial charge >= 0.3 is 0 Å². The van der Waals surface area contributed by atoms with Crippen LogP contribution in [0.3, 0.4) is 0 Å². The van der Waals surface area contributed by atoms with Crippen LogP contribution < -0.4 is 0 Å². The average molecular weight is 265 g/mol. The number of aromatic nitrogens is 2. The van der Waals surface area contributed by atoms with Crippen LogP contribution in [0.15, 0.2) is 24.3 Å². The van der Waals surface area contributed by atoms with E-state index in [1.165, 1.54) is 12.1 Å². The molecule has 0 aliphatic rings. The molecular formula is C14H14ClFN2. The van der Waals surface area contributed by atoms with Gasteiger partial charge in [0.15, 0.2) is 0 Å². The third-order valence-electron chi connectivity index (χ3n) is 2.84. The highest BCUT2D eigenvalue weighted by Gasteiger charge is 2.08. The molecule has 0 saturated heterocycles. The van der Waals surface area contributed by atoms with Gasteiger partial charge in [0.25, 0.3) is 0 Å². The largest absolute Gasteiger partial charge is 0.237 e. The highest BCUT2D eigenvalue weighted by Crippen LogP contribution is 2.18. The van der Waals surface area contributed by atoms with Gasteiger partial charge in [-0.2, -0.15) is 0 Å². The first-order valence-electron chi connectivity index (χ1n) is 5.86. The van der Waals surface area contributed by atoms with Gasteiger partial charge in [0.05, 0.1) is 0 Å². The molecule has 0 aliphatic heterocycles. The van der Waals surface area contributed by atoms with Crippen LogP contribution in [0.1, 0.15) is 29.6 Å². The van der Waals surface area contributed by atoms with Gasteiger partial charge in [-0.15, -0.1) is 0 Å². The summed E-state index contributed by atoms with van der Waals surface area (Å²) in [5.41, 5.74) is 2.87. The fraction of sp³-hybridized carbons (Fsp3) is 0.286. The van der Waals surface area contributed by atoms with Gasteiger partial charge in [-0.05, 0) is 31.0 Å². The molecule has 18 heavy (non-hydrogen) atoms. The number of hydrogen-bond donors (Lipinski definition) is 0. The molecule has 0 fully saturated rings. The lowest BCUT2D eigenvalue weighted by Crippen LogP contribution is -2.03. The van der Waals surface area contributed by atoms with Gasteiger partial charge in [0.2, 0.25) is 0 Å². The summed E-state index contributed by atoms with van der Waals surface area (Å²) in [6.07, 6.45) is 1.38. The Kier molecular flexibility index (Phi) is 3.92. The summed E-state index contributed by atoms with van der Waals surface area (Å²) in [6, 6.07) is 6.33. The second-order valence-corrected chi connectivity index (χ2v) is 4.51. The molecule has 0 atom stereocenters. The molecule has 1 aromatic carbocycles. The number of halogens is 2. The smallest absolute Gasteiger partial charge is 0.136 e. The average Bonchev–Trinajstić information content (AvgIpc) is 2.32. The van der Waals surface area contributed by atoms with Crippen LogP contribution in [0, 0.1) is 12.7 Å². The van der Waals surface area contributed by atoms with Crippen molar-refractivity contribution in [3.05, 3.63) is 57.9 Å². The summed E-state index contributed by atoms with van der Waals surface area (Å²) in [5.74, 6) is 0.427. The predicted octanol–water partition coefficient (Wildman–Crippen LogP) is 3.73. The van der Waals surface area contributed by atoms with Gasteiger partial charge in [-0.1, -0.05) is 30.7 Å². The fourth-order valence-electron chi connectivity index (χ4n) is 1.88. The highest BCUT2D eigenvalue weighted by atomic mass is 35.5. The normalized spacial score (nSPS) is 10.7. The Bertz CT molecular complexity index is 529. The van der Waals surface area contributed by atoms with E-state index in [9.17, 15) is 4.39 Å². The Labute approximate surface area is 111 Å². The molecule has 0 radical (unpaired) electrons. The number of benzene rings is 1. The van der Waals surface area contributed by atoms with Gasteiger partial charge in [-0.3, -0.25) is 0 Å². The molecule has 0 unspecified atom stereocenters. The number of hydrogen-bond acceptors (Lipinski definition) is 2. The minimum atomic E-state index is -0.241. The molecule has 2 nitrogen and oxygen atoms in total. The zero-order chi connectivity index (χ0) is 13.1. The summed E-state index contributed by atoms with van der Waals surface area (Å²) in [6.45, 7) is 3.96. The van der Waals surface area contributed by atoms with Crippen molar-refractivity contribution in [1.82, 2.24) is 9.97 Å². The Morgan fingerprint density at radius 3 is 2.39 bits per heavy atom. The van der Waals surface area contributed by atoms with Crippen molar-refractivity contribution in [2.24, 2.45) is 0 Å². The maximum Gasteiger partial charge on any atom is 0.136 e. The van der Waals surface area contributed by atoms with E-state index in [-0.39, 0.29) is 5.82 Å². The van der Waals surface area contributed by atoms with Crippen molar-refractivity contribution in [3.8, 4) is 0 Å². The molecule has 0 aliphatic carbocycles. The lowest BCUT2D eigenvalue weighted by molar-refractivity contribution is 0.627. The zero-order valence-electron chi connectivity index (χ0n) is 10.4. The SMILES string of the molecule is CCc1c(C)nc(Cc2ccc(F)cc2)nc1Cl. The van der Waals surface area contributed by atoms with E-state index in [2.05, 4.69) is 9.97 Å². The summed E-state index contributed by atoms with van der Waals surface area (Å²) >= 11 is 6.12. The maximum absolute atomic E-state index is 12.8. The van der Waals surface area contributed by atoms with Crippen molar-refractivity contribution in [2.75, 3.05) is 0 Å². The Balaban J connectivity index is 2.27. The van der Waals surface area contributed by atoms with Crippen LogP contribution in [-0.4, -0.2) is 9.97 Å². The van der Waals surface area contributed by atoms with Crippen molar-refractivity contribution in [2.45, 2.75) is 26.7 Å². The molecule has 4 heteroatoms. The van der Waals surface area contributed by atoms with E-state index in [0.29, 0.717) is 17.4 Å². The molecule has 0 bridgehead atoms. The molecule has 0 saturated carbocycles. The predicted molar refractivity (Wildman–Crippen MR) is 70.4 cm³/mol. The van der Waals surface area contributed by atoms with Gasteiger partial charge < -0.3 is 0 Å². The summed E-state index contributed by atoms with van der Waals surface area (Å²) in [7, 11) is 0. The van der Waals surface area contributed by atoms with E-state index in [1.54, 1.807) is 12.1 Å². The zero-order valence-corrected chi connectivity index (χ0v) is 11.1. The molecule has 0 N–H and O–H groups in total. The van der Waals surface area contributed by atoms with E-state index < -0.39 is 0 Å². The third kappa shape index (κ3) is 2.85. The van der Waals surface area contributed by atoms with Crippen LogP contribution in [0.2, 0.25) is 5.15 Å². The Morgan fingerprint density at radius 2 is 1.83 bits per heavy atom. The fourth-order valence-corrected chi connectivity index (χ4v) is 2.25. The minimum Gasteiger partial charge on any atom is -0.237 e. The first-order chi connectivity index (χ1) is 8.60. The molecule has 94 valence electrons. The van der Waals surface area contributed by atoms with Crippen LogP contribution in [0.25, 0.3) is 0 Å². The number of aryl methyl sites for hydroxylation is 1. The van der Waals surface area contributed by atoms with E-state index in [1.807, 2.05) is 13.8 Å². The molecule has 1 aromatic heterocycles. The van der Waals surface area contributed by atoms with Crippen LogP contribution >= 0.6 is 11.6 Å². The molecule has 2 rings (SSSR count). The molecular weight excluding hydrogens is 251 g/mol. The second-order valence-electron chi connectivity index (χ2n) is 4.15. The van der Waals surface area contributed by atoms with Gasteiger partial charge in [0.1, 0.15) is 16.8 Å². The quantitative estimate of drug-likeness (QED) is 0.790. The van der Waals surface area contributed by atoms with E-state index in [4.69, 9.17) is 11.6 Å². The molecule has 0 spiro atoms. The Hall–Kier alpha value is -1.48. The monoisotopic (exact) mass is 264 g/mol. The molecule has 1 heterocycles. The highest BCUT2D eigenvalue weighted by molar-refractivity contribution is 6.30. The number of rotatable bonds is 3. The number of nitrogens with zero attached hydrogens (tertiary/aromatic N) is 2. The first-order valence-corrected chi connectivity index (χ1v) is 6.24. The minimum absolute atomic E-state index is 0.241. The van der Waals surface area contributed by atoms with Crippen LogP contribution in [0.5, 0.6) is 0 Å². The lowest BCUT2D eigenvalue weighted by atomic mass is 10.1. The van der Waals surface area contributed by atoms with Crippen LogP contribution in [0.4, 0.5) is 4.39 Å². The topological polar surface area (TPSA) is 25.8 Å². The first kappa shape index (κ1) is 13.0. The third-order valence-corrected chi connectivity index (χ3v) is 3.15. The Morgan fingerprint density at radius 1 is 1.17 bits per heavy atom. The summed E-state index contributed by atoms with van der Waals surface area (Å²) in [5, 5.41) is 0.516. The van der Waals surface area contributed by atoms with E-state index >= 15 is 0 Å². The lowest BCUT2D eigenvalue weighted by Gasteiger charge is -2.07. The maximum atomic E-state index is 12.8. The van der Waals surface area contributed by atoms with Crippen molar-refractivity contribution in [3.63, 3.8) is 0 Å². The van der Waals surface area contributed by atoms with Crippen molar-refractivity contribution < 1.29 is 4.39 Å². The standard InChI is InChI=1S/C14H14ClFN2/c1-3-12-9(2)17-13(18-14(12)15)8-10-4-6-11(16)7-5-10/h4-7H,3,8H2,1-2H3. The van der Waals surface area contributed by atoms with E-state index in [0.717, 1.165) is 23.2 Å². The van der Waals surface area contributed by atoms with Crippen LogP contribution in [-0.2, 0) is 12.8 Å². The van der Waals surface area contributed by atoms with Crippen molar-refractivity contribution >= 4 is 11.6 Å². The second kappa shape index (κ2) is 5.44. The van der Waals surface area contributed by atoms with Gasteiger partial charge in [-0.25, -0.2) is 14.4 Å². The summed E-state index contributed by atoms with van der Waals surface area (Å²) in [4.78, 5) is 8.72. The molecule has 0 amide bonds. The molecule has 2 aromatic rings. The summed E-state index contributed by atoms with van der Waals surface area (Å²) < 4.78 is 12.8. The van der Waals surface area contributed by atoms with Crippen molar-refractivity contribution in [1.29, 1.82) is 0 Å².